The lowest BCUT2D eigenvalue weighted by Crippen LogP contribution is -2.31. The Hall–Kier alpha value is -1.16. The van der Waals surface area contributed by atoms with Crippen molar-refractivity contribution in [2.75, 3.05) is 7.11 Å². The molecule has 0 saturated heterocycles. The quantitative estimate of drug-likeness (QED) is 0.554. The molecule has 0 aliphatic rings. The van der Waals surface area contributed by atoms with E-state index in [0.717, 1.165) is 0 Å². The van der Waals surface area contributed by atoms with Gasteiger partial charge in [-0.25, -0.2) is 9.97 Å². The first-order chi connectivity index (χ1) is 6.48. The number of methoxy groups -OCH3 is 1. The smallest absolute Gasteiger partial charge is 0.317 e. The molecule has 1 rings (SSSR count). The summed E-state index contributed by atoms with van der Waals surface area (Å²) in [4.78, 5) is 19.1. The lowest BCUT2D eigenvalue weighted by Gasteiger charge is -2.20. The van der Waals surface area contributed by atoms with Gasteiger partial charge in [0.15, 0.2) is 0 Å². The molecule has 0 aliphatic carbocycles. The maximum atomic E-state index is 11.4. The number of nitrogens with zero attached hydrogens (tertiary/aromatic N) is 2. The number of carbonyl (C=O) groups is 1. The van der Waals surface area contributed by atoms with Gasteiger partial charge in [-0.15, -0.1) is 0 Å². The maximum absolute atomic E-state index is 11.4. The van der Waals surface area contributed by atoms with Crippen molar-refractivity contribution in [3.63, 3.8) is 0 Å². The molecule has 0 radical (unpaired) electrons. The van der Waals surface area contributed by atoms with Gasteiger partial charge in [0.25, 0.3) is 0 Å². The normalized spacial score (nSPS) is 11.1. The minimum atomic E-state index is -0.804. The van der Waals surface area contributed by atoms with E-state index >= 15 is 0 Å². The van der Waals surface area contributed by atoms with Crippen LogP contribution < -0.4 is 0 Å². The third kappa shape index (κ3) is 2.01. The predicted octanol–water partition coefficient (Wildman–Crippen LogP) is 1.58. The lowest BCUT2D eigenvalue weighted by atomic mass is 9.89. The van der Waals surface area contributed by atoms with E-state index in [-0.39, 0.29) is 11.3 Å². The molecule has 14 heavy (non-hydrogen) atoms. The van der Waals surface area contributed by atoms with Crippen LogP contribution in [0.1, 0.15) is 19.5 Å². The van der Waals surface area contributed by atoms with Gasteiger partial charge in [-0.05, 0) is 31.5 Å². The lowest BCUT2D eigenvalue weighted by molar-refractivity contribution is -0.146. The van der Waals surface area contributed by atoms with Crippen molar-refractivity contribution in [3.05, 3.63) is 23.2 Å². The Morgan fingerprint density at radius 1 is 1.57 bits per heavy atom. The molecule has 4 nitrogen and oxygen atoms in total. The minimum absolute atomic E-state index is 0.125. The van der Waals surface area contributed by atoms with Crippen molar-refractivity contribution < 1.29 is 9.53 Å². The highest BCUT2D eigenvalue weighted by Gasteiger charge is 2.32. The summed E-state index contributed by atoms with van der Waals surface area (Å²) in [5.41, 5.74) is -0.259. The summed E-state index contributed by atoms with van der Waals surface area (Å²) in [5, 5.41) is 0.125. The molecular weight excluding hydrogens is 204 g/mol. The summed E-state index contributed by atoms with van der Waals surface area (Å²) in [6.07, 6.45) is 1.51. The second-order valence-corrected chi connectivity index (χ2v) is 3.67. The molecule has 0 saturated carbocycles. The van der Waals surface area contributed by atoms with E-state index in [0.29, 0.717) is 5.69 Å². The molecule has 1 heterocycles. The van der Waals surface area contributed by atoms with Gasteiger partial charge in [-0.3, -0.25) is 4.79 Å². The van der Waals surface area contributed by atoms with Crippen LogP contribution >= 0.6 is 11.6 Å². The Kier molecular flexibility index (Phi) is 3.06. The second-order valence-electron chi connectivity index (χ2n) is 3.33. The van der Waals surface area contributed by atoms with E-state index in [4.69, 9.17) is 11.6 Å². The molecule has 1 aromatic heterocycles. The first-order valence-electron chi connectivity index (χ1n) is 4.06. The van der Waals surface area contributed by atoms with Gasteiger partial charge in [0.1, 0.15) is 5.41 Å². The van der Waals surface area contributed by atoms with Crippen molar-refractivity contribution in [2.24, 2.45) is 0 Å². The van der Waals surface area contributed by atoms with Crippen LogP contribution in [0.2, 0.25) is 5.28 Å². The molecule has 0 fully saturated rings. The van der Waals surface area contributed by atoms with Gasteiger partial charge in [-0.1, -0.05) is 0 Å². The molecule has 0 aliphatic heterocycles. The van der Waals surface area contributed by atoms with Crippen LogP contribution in [0.25, 0.3) is 0 Å². The Bertz CT molecular complexity index is 352. The number of halogens is 1. The van der Waals surface area contributed by atoms with Crippen molar-refractivity contribution in [1.29, 1.82) is 0 Å². The number of hydrogen-bond acceptors (Lipinski definition) is 4. The third-order valence-corrected chi connectivity index (χ3v) is 2.14. The van der Waals surface area contributed by atoms with Gasteiger partial charge < -0.3 is 4.74 Å². The van der Waals surface area contributed by atoms with Crippen molar-refractivity contribution in [1.82, 2.24) is 9.97 Å². The van der Waals surface area contributed by atoms with Crippen LogP contribution in [0.5, 0.6) is 0 Å². The fourth-order valence-corrected chi connectivity index (χ4v) is 1.19. The van der Waals surface area contributed by atoms with E-state index < -0.39 is 5.41 Å². The van der Waals surface area contributed by atoms with E-state index in [2.05, 4.69) is 14.7 Å². The van der Waals surface area contributed by atoms with E-state index in [1.165, 1.54) is 13.3 Å². The van der Waals surface area contributed by atoms with Gasteiger partial charge in [0.05, 0.1) is 12.8 Å². The number of rotatable bonds is 2. The minimum Gasteiger partial charge on any atom is -0.468 e. The van der Waals surface area contributed by atoms with Crippen LogP contribution in [-0.2, 0) is 14.9 Å². The SMILES string of the molecule is COC(=O)C(C)(C)c1ccnc(Cl)n1. The van der Waals surface area contributed by atoms with Crippen molar-refractivity contribution in [2.45, 2.75) is 19.3 Å². The molecule has 0 amide bonds. The molecule has 76 valence electrons. The Morgan fingerprint density at radius 3 is 2.71 bits per heavy atom. The number of aromatic nitrogens is 2. The van der Waals surface area contributed by atoms with Gasteiger partial charge in [0, 0.05) is 6.20 Å². The Morgan fingerprint density at radius 2 is 2.21 bits per heavy atom. The Labute approximate surface area is 87.3 Å². The average molecular weight is 215 g/mol. The molecular formula is C9H11ClN2O2. The van der Waals surface area contributed by atoms with Gasteiger partial charge in [0.2, 0.25) is 5.28 Å². The largest absolute Gasteiger partial charge is 0.468 e. The molecule has 0 bridgehead atoms. The molecule has 5 heteroatoms. The summed E-state index contributed by atoms with van der Waals surface area (Å²) in [6, 6.07) is 1.64. The topological polar surface area (TPSA) is 52.1 Å². The van der Waals surface area contributed by atoms with E-state index in [1.54, 1.807) is 19.9 Å². The first kappa shape index (κ1) is 10.9. The third-order valence-electron chi connectivity index (χ3n) is 1.96. The number of esters is 1. The second kappa shape index (κ2) is 3.92. The molecule has 1 aromatic rings. The fraction of sp³-hybridized carbons (Fsp3) is 0.444. The highest BCUT2D eigenvalue weighted by molar-refractivity contribution is 6.28. The first-order valence-corrected chi connectivity index (χ1v) is 4.43. The standard InChI is InChI=1S/C9H11ClN2O2/c1-9(2,7(13)14-3)6-4-5-11-8(10)12-6/h4-5H,1-3H3. The summed E-state index contributed by atoms with van der Waals surface area (Å²) in [7, 11) is 1.34. The molecule has 0 spiro atoms. The zero-order chi connectivity index (χ0) is 10.8. The highest BCUT2D eigenvalue weighted by atomic mass is 35.5. The van der Waals surface area contributed by atoms with Crippen LogP contribution in [-0.4, -0.2) is 23.0 Å². The van der Waals surface area contributed by atoms with E-state index in [9.17, 15) is 4.79 Å². The van der Waals surface area contributed by atoms with E-state index in [1.807, 2.05) is 0 Å². The predicted molar refractivity (Wildman–Crippen MR) is 52.1 cm³/mol. The zero-order valence-electron chi connectivity index (χ0n) is 8.24. The van der Waals surface area contributed by atoms with Gasteiger partial charge >= 0.3 is 5.97 Å². The summed E-state index contributed by atoms with van der Waals surface area (Å²) >= 11 is 5.62. The summed E-state index contributed by atoms with van der Waals surface area (Å²) < 4.78 is 4.67. The van der Waals surface area contributed by atoms with Gasteiger partial charge in [-0.2, -0.15) is 0 Å². The Balaban J connectivity index is 3.09. The summed E-state index contributed by atoms with van der Waals surface area (Å²) in [5.74, 6) is -0.354. The highest BCUT2D eigenvalue weighted by Crippen LogP contribution is 2.22. The van der Waals surface area contributed by atoms with Crippen LogP contribution in [0.4, 0.5) is 0 Å². The van der Waals surface area contributed by atoms with Crippen LogP contribution in [0.15, 0.2) is 12.3 Å². The molecule has 0 unspecified atom stereocenters. The average Bonchev–Trinajstić information content (AvgIpc) is 2.16. The van der Waals surface area contributed by atoms with Crippen molar-refractivity contribution in [3.8, 4) is 0 Å². The maximum Gasteiger partial charge on any atom is 0.317 e. The molecule has 0 N–H and O–H groups in total. The number of carbonyl (C=O) groups excluding carboxylic acids is 1. The van der Waals surface area contributed by atoms with Crippen LogP contribution in [0.3, 0.4) is 0 Å². The van der Waals surface area contributed by atoms with Crippen LogP contribution in [0, 0.1) is 0 Å². The zero-order valence-corrected chi connectivity index (χ0v) is 9.00. The monoisotopic (exact) mass is 214 g/mol. The molecule has 0 aromatic carbocycles. The summed E-state index contributed by atoms with van der Waals surface area (Å²) in [6.45, 7) is 3.44. The number of hydrogen-bond donors (Lipinski definition) is 0. The van der Waals surface area contributed by atoms with Crippen molar-refractivity contribution >= 4 is 17.6 Å². The number of ether oxygens (including phenoxy) is 1. The fourth-order valence-electron chi connectivity index (χ4n) is 1.04. The molecule has 0 atom stereocenters.